The molecule has 17 nitrogen and oxygen atoms in total. The molecule has 1 saturated carbocycles. The van der Waals surface area contributed by atoms with E-state index in [1.54, 1.807) is 22.9 Å². The van der Waals surface area contributed by atoms with Gasteiger partial charge in [0.1, 0.15) is 42.0 Å². The number of fused-ring (bicyclic) bond motifs is 5. The van der Waals surface area contributed by atoms with Gasteiger partial charge in [0.25, 0.3) is 0 Å². The minimum atomic E-state index is -4.26. The Morgan fingerprint density at radius 2 is 1.93 bits per heavy atom. The second kappa shape index (κ2) is 10.9. The summed E-state index contributed by atoms with van der Waals surface area (Å²) in [5.41, 5.74) is 7.32. The average molecular weight is 690 g/mol. The molecule has 0 spiro atoms. The molecule has 2 saturated heterocycles. The van der Waals surface area contributed by atoms with Gasteiger partial charge >= 0.3 is 13.5 Å². The Hall–Kier alpha value is -2.35. The van der Waals surface area contributed by atoms with Crippen molar-refractivity contribution in [3.63, 3.8) is 0 Å². The molecule has 4 N–H and O–H groups in total. The third-order valence-electron chi connectivity index (χ3n) is 7.86. The first-order valence-electron chi connectivity index (χ1n) is 13.1. The minimum Gasteiger partial charge on any atom is -0.388 e. The van der Waals surface area contributed by atoms with Crippen LogP contribution in [0.25, 0.3) is 16.9 Å². The van der Waals surface area contributed by atoms with E-state index in [-0.39, 0.29) is 23.4 Å². The minimum absolute atomic E-state index is 0.0169. The predicted molar refractivity (Wildman–Crippen MR) is 159 cm³/mol. The molecule has 1 aliphatic carbocycles. The van der Waals surface area contributed by atoms with Crippen LogP contribution in [0, 0.1) is 0 Å². The van der Waals surface area contributed by atoms with Crippen molar-refractivity contribution < 1.29 is 41.8 Å². The van der Waals surface area contributed by atoms with E-state index in [0.29, 0.717) is 17.2 Å². The molecule has 0 aromatic carbocycles. The molecule has 3 aromatic heterocycles. The van der Waals surface area contributed by atoms with Crippen LogP contribution in [0.2, 0.25) is 0 Å². The molecule has 44 heavy (non-hydrogen) atoms. The first-order chi connectivity index (χ1) is 20.8. The molecule has 2 bridgehead atoms. The molecule has 3 aliphatic heterocycles. The number of rotatable bonds is 2. The van der Waals surface area contributed by atoms with E-state index in [2.05, 4.69) is 43.8 Å². The molecular weight excluding hydrogens is 663 g/mol. The number of aliphatic imine (C=N–C) groups is 1. The Balaban J connectivity index is 1.20. The molecule has 6 heterocycles. The predicted octanol–water partition coefficient (Wildman–Crippen LogP) is 1.86. The van der Waals surface area contributed by atoms with Gasteiger partial charge < -0.3 is 34.5 Å². The van der Waals surface area contributed by atoms with Crippen LogP contribution in [0.5, 0.6) is 0 Å². The molecule has 4 aliphatic rings. The Morgan fingerprint density at radius 1 is 1.16 bits per heavy atom. The number of ether oxygens (including phenoxy) is 1. The van der Waals surface area contributed by atoms with Crippen LogP contribution < -0.4 is 5.73 Å². The number of halogens is 1. The summed E-state index contributed by atoms with van der Waals surface area (Å²) in [5, 5.41) is 11.3. The number of hydrogen-bond acceptors (Lipinski definition) is 15. The van der Waals surface area contributed by atoms with E-state index in [0.717, 1.165) is 0 Å². The van der Waals surface area contributed by atoms with Crippen LogP contribution in [0.3, 0.4) is 0 Å². The van der Waals surface area contributed by atoms with Gasteiger partial charge in [-0.3, -0.25) is 18.1 Å². The molecule has 0 radical (unpaired) electrons. The second-order valence-electron chi connectivity index (χ2n) is 10.5. The van der Waals surface area contributed by atoms with Gasteiger partial charge in [0, 0.05) is 13.5 Å². The summed E-state index contributed by atoms with van der Waals surface area (Å²) < 4.78 is 61.2. The van der Waals surface area contributed by atoms with Crippen LogP contribution in [-0.2, 0) is 39.2 Å². The highest BCUT2D eigenvalue weighted by Gasteiger charge is 2.54. The van der Waals surface area contributed by atoms with Gasteiger partial charge in [-0.25, -0.2) is 33.9 Å². The SMILES string of the molecule is C=C1c2ncn([C@@H]3C[C@@H]4OP(O)(=S)O[C@H]5[C@@H](F)[C@H](n6cnc7c(N)ncnc76)O[C@@H]5COP(=O)(S)O[C@@H]3[C@@H]4O)c2N=CN1C. The lowest BCUT2D eigenvalue weighted by Crippen LogP contribution is -2.37. The van der Waals surface area contributed by atoms with Crippen LogP contribution >= 0.6 is 25.8 Å². The maximum absolute atomic E-state index is 16.1. The maximum atomic E-state index is 16.1. The maximum Gasteiger partial charge on any atom is 0.386 e. The normalized spacial score (nSPS) is 39.2. The van der Waals surface area contributed by atoms with E-state index in [9.17, 15) is 14.6 Å². The third-order valence-corrected chi connectivity index (χ3v) is 11.0. The number of aliphatic hydroxyl groups is 1. The molecule has 3 fully saturated rings. The van der Waals surface area contributed by atoms with Gasteiger partial charge in [-0.2, -0.15) is 0 Å². The van der Waals surface area contributed by atoms with Gasteiger partial charge in [0.2, 0.25) is 0 Å². The van der Waals surface area contributed by atoms with Gasteiger partial charge in [-0.05, 0) is 11.8 Å². The Bertz CT molecular complexity index is 1780. The summed E-state index contributed by atoms with van der Waals surface area (Å²) in [6.45, 7) is -5.06. The van der Waals surface area contributed by atoms with Crippen molar-refractivity contribution in [2.24, 2.45) is 4.99 Å². The van der Waals surface area contributed by atoms with Crippen LogP contribution in [0.4, 0.5) is 16.0 Å². The number of thiol groups is 1. The molecule has 236 valence electrons. The van der Waals surface area contributed by atoms with Crippen molar-refractivity contribution in [2.75, 3.05) is 19.4 Å². The van der Waals surface area contributed by atoms with E-state index in [4.69, 9.17) is 40.4 Å². The monoisotopic (exact) mass is 689 g/mol. The van der Waals surface area contributed by atoms with Crippen molar-refractivity contribution in [3.8, 4) is 0 Å². The molecule has 3 aromatic rings. The topological polar surface area (TPSA) is 207 Å². The molecular formula is C22H26FN9O8P2S2. The zero-order valence-electron chi connectivity index (χ0n) is 22.7. The van der Waals surface area contributed by atoms with E-state index < -0.39 is 69.1 Å². The lowest BCUT2D eigenvalue weighted by Gasteiger charge is -2.30. The van der Waals surface area contributed by atoms with E-state index >= 15 is 4.39 Å². The van der Waals surface area contributed by atoms with Crippen LogP contribution in [0.1, 0.15) is 24.4 Å². The summed E-state index contributed by atoms with van der Waals surface area (Å²) in [5.74, 6) is 0.486. The van der Waals surface area contributed by atoms with Gasteiger partial charge in [0.15, 0.2) is 29.7 Å². The van der Waals surface area contributed by atoms with Crippen LogP contribution in [0.15, 0.2) is 30.6 Å². The summed E-state index contributed by atoms with van der Waals surface area (Å²) in [4.78, 5) is 33.8. The summed E-state index contributed by atoms with van der Waals surface area (Å²) >= 11 is 9.41. The number of anilines is 1. The molecule has 10 atom stereocenters. The third kappa shape index (κ3) is 5.11. The Kier molecular flexibility index (Phi) is 7.49. The number of hydrogen-bond donors (Lipinski definition) is 4. The summed E-state index contributed by atoms with van der Waals surface area (Å²) in [6.07, 6.45) is -4.69. The number of nitrogens with zero attached hydrogens (tertiary/aromatic N) is 8. The zero-order chi connectivity index (χ0) is 31.1. The van der Waals surface area contributed by atoms with Crippen molar-refractivity contribution >= 4 is 72.4 Å². The lowest BCUT2D eigenvalue weighted by molar-refractivity contribution is -0.0540. The highest BCUT2D eigenvalue weighted by atomic mass is 32.7. The van der Waals surface area contributed by atoms with Crippen LogP contribution in [-0.4, -0.2) is 101 Å². The summed E-state index contributed by atoms with van der Waals surface area (Å²) in [7, 11) is 1.76. The number of nitrogens with two attached hydrogens (primary N) is 1. The fraction of sp³-hybridized carbons (Fsp3) is 0.500. The number of imidazole rings is 2. The first kappa shape index (κ1) is 30.3. The largest absolute Gasteiger partial charge is 0.388 e. The number of aromatic nitrogens is 6. The van der Waals surface area contributed by atoms with Gasteiger partial charge in [-0.1, -0.05) is 18.8 Å². The van der Waals surface area contributed by atoms with Crippen molar-refractivity contribution in [2.45, 2.75) is 55.4 Å². The lowest BCUT2D eigenvalue weighted by atomic mass is 10.1. The smallest absolute Gasteiger partial charge is 0.386 e. The molecule has 0 amide bonds. The Morgan fingerprint density at radius 3 is 2.73 bits per heavy atom. The summed E-state index contributed by atoms with van der Waals surface area (Å²) in [6, 6.07) is -0.780. The molecule has 22 heteroatoms. The highest BCUT2D eigenvalue weighted by molar-refractivity contribution is 8.44. The first-order valence-corrected chi connectivity index (χ1v) is 18.4. The molecule has 2 unspecified atom stereocenters. The average Bonchev–Trinajstić information content (AvgIpc) is 3.72. The number of nitrogen functional groups attached to an aromatic ring is 1. The van der Waals surface area contributed by atoms with Gasteiger partial charge in [0.05, 0.1) is 43.4 Å². The number of aliphatic hydroxyl groups excluding tert-OH is 1. The van der Waals surface area contributed by atoms with E-state index in [1.807, 2.05) is 0 Å². The van der Waals surface area contributed by atoms with Crippen molar-refractivity contribution in [1.29, 1.82) is 0 Å². The van der Waals surface area contributed by atoms with E-state index in [1.165, 1.54) is 23.5 Å². The van der Waals surface area contributed by atoms with Crippen molar-refractivity contribution in [1.82, 2.24) is 34.0 Å². The zero-order valence-corrected chi connectivity index (χ0v) is 26.2. The Labute approximate surface area is 258 Å². The number of alkyl halides is 1. The fourth-order valence-corrected chi connectivity index (χ4v) is 8.99. The molecule has 7 rings (SSSR count). The standard InChI is InChI=1S/C22H26FN9O8P2S2/c1-9-14-20(29-6-30(9)2)31(7-27-14)10-3-11-16(33)17(10)39-41(34,43)36-4-12-18(40-42(35,44)38-11)13(23)22(37-12)32-8-28-15-19(24)25-5-26-21(15)32/h5-8,10-13,16-18,22,33H,1,3-4H2,2H3,(H,34,43)(H,35,44)(H2,24,25,26)/t10-,11+,12-,13-,16-,17+,18-,22-,41?,42?/m1/s1. The van der Waals surface area contributed by atoms with Gasteiger partial charge in [-0.15, -0.1) is 0 Å². The van der Waals surface area contributed by atoms with Crippen molar-refractivity contribution in [3.05, 3.63) is 31.3 Å². The second-order valence-corrected chi connectivity index (χ2v) is 16.1. The highest BCUT2D eigenvalue weighted by Crippen LogP contribution is 2.60. The quantitative estimate of drug-likeness (QED) is 0.224. The fourth-order valence-electron chi connectivity index (χ4n) is 5.70.